The molecule has 0 saturated heterocycles. The van der Waals surface area contributed by atoms with Gasteiger partial charge in [0, 0.05) is 18.9 Å². The van der Waals surface area contributed by atoms with E-state index in [0.717, 1.165) is 37.7 Å². The number of allylic oxidation sites excluding steroid dienone is 1. The average molecular weight is 440 g/mol. The van der Waals surface area contributed by atoms with Gasteiger partial charge in [0.15, 0.2) is 17.3 Å². The lowest BCUT2D eigenvalue weighted by Gasteiger charge is -2.13. The SMILES string of the molecule is CCCCCC(=O)C=Cc1cc(OCCCCCC(=O)O)c(OCc2ccccc2)cn1. The third-order valence-electron chi connectivity index (χ3n) is 4.85. The van der Waals surface area contributed by atoms with E-state index in [1.807, 2.05) is 30.3 Å². The van der Waals surface area contributed by atoms with Crippen LogP contribution in [0.1, 0.15) is 69.5 Å². The highest BCUT2D eigenvalue weighted by atomic mass is 16.5. The Kier molecular flexibility index (Phi) is 11.6. The molecule has 0 bridgehead atoms. The molecule has 0 radical (unpaired) electrons. The lowest BCUT2D eigenvalue weighted by molar-refractivity contribution is -0.137. The number of rotatable bonds is 16. The molecule has 0 amide bonds. The van der Waals surface area contributed by atoms with E-state index in [1.54, 1.807) is 24.4 Å². The van der Waals surface area contributed by atoms with Crippen molar-refractivity contribution in [2.45, 2.75) is 64.9 Å². The monoisotopic (exact) mass is 439 g/mol. The van der Waals surface area contributed by atoms with E-state index < -0.39 is 5.97 Å². The normalized spacial score (nSPS) is 10.9. The van der Waals surface area contributed by atoms with Crippen molar-refractivity contribution in [2.24, 2.45) is 0 Å². The molecule has 172 valence electrons. The fraction of sp³-hybridized carbons (Fsp3) is 0.423. The Morgan fingerprint density at radius 3 is 2.50 bits per heavy atom. The van der Waals surface area contributed by atoms with Crippen LogP contribution in [0, 0.1) is 0 Å². The van der Waals surface area contributed by atoms with Gasteiger partial charge in [0.05, 0.1) is 18.5 Å². The minimum Gasteiger partial charge on any atom is -0.490 e. The number of carbonyl (C=O) groups excluding carboxylic acids is 1. The first-order valence-electron chi connectivity index (χ1n) is 11.3. The number of ether oxygens (including phenoxy) is 2. The van der Waals surface area contributed by atoms with Crippen molar-refractivity contribution in [3.63, 3.8) is 0 Å². The number of carbonyl (C=O) groups is 2. The molecule has 0 aliphatic carbocycles. The molecule has 1 aromatic carbocycles. The quantitative estimate of drug-likeness (QED) is 0.261. The summed E-state index contributed by atoms with van der Waals surface area (Å²) < 4.78 is 11.9. The fourth-order valence-corrected chi connectivity index (χ4v) is 3.04. The van der Waals surface area contributed by atoms with Gasteiger partial charge in [-0.25, -0.2) is 0 Å². The summed E-state index contributed by atoms with van der Waals surface area (Å²) in [4.78, 5) is 27.0. The molecule has 0 unspecified atom stereocenters. The van der Waals surface area contributed by atoms with Gasteiger partial charge in [-0.05, 0) is 43.4 Å². The summed E-state index contributed by atoms with van der Waals surface area (Å²) in [5.41, 5.74) is 1.66. The van der Waals surface area contributed by atoms with Gasteiger partial charge in [-0.1, -0.05) is 50.1 Å². The smallest absolute Gasteiger partial charge is 0.303 e. The summed E-state index contributed by atoms with van der Waals surface area (Å²) >= 11 is 0. The van der Waals surface area contributed by atoms with Crippen LogP contribution in [0.5, 0.6) is 11.5 Å². The number of aliphatic carboxylic acids is 1. The van der Waals surface area contributed by atoms with Crippen molar-refractivity contribution in [2.75, 3.05) is 6.61 Å². The summed E-state index contributed by atoms with van der Waals surface area (Å²) in [5, 5.41) is 8.73. The van der Waals surface area contributed by atoms with E-state index in [9.17, 15) is 9.59 Å². The first kappa shape index (κ1) is 25.1. The van der Waals surface area contributed by atoms with E-state index in [-0.39, 0.29) is 12.2 Å². The Hall–Kier alpha value is -3.15. The molecule has 0 fully saturated rings. The van der Waals surface area contributed by atoms with Gasteiger partial charge in [-0.15, -0.1) is 0 Å². The molecule has 1 N–H and O–H groups in total. The van der Waals surface area contributed by atoms with Crippen molar-refractivity contribution >= 4 is 17.8 Å². The highest BCUT2D eigenvalue weighted by Gasteiger charge is 2.09. The molecular weight excluding hydrogens is 406 g/mol. The van der Waals surface area contributed by atoms with Crippen LogP contribution in [0.4, 0.5) is 0 Å². The third kappa shape index (κ3) is 10.2. The van der Waals surface area contributed by atoms with Gasteiger partial charge in [-0.2, -0.15) is 0 Å². The van der Waals surface area contributed by atoms with E-state index in [2.05, 4.69) is 11.9 Å². The van der Waals surface area contributed by atoms with E-state index in [4.69, 9.17) is 14.6 Å². The number of carboxylic acid groups (broad SMARTS) is 1. The number of benzene rings is 1. The van der Waals surface area contributed by atoms with Crippen molar-refractivity contribution in [3.05, 3.63) is 59.9 Å². The average Bonchev–Trinajstić information content (AvgIpc) is 2.80. The molecule has 32 heavy (non-hydrogen) atoms. The van der Waals surface area contributed by atoms with Gasteiger partial charge in [0.25, 0.3) is 0 Å². The number of unbranched alkanes of at least 4 members (excludes halogenated alkanes) is 4. The first-order valence-corrected chi connectivity index (χ1v) is 11.3. The van der Waals surface area contributed by atoms with Gasteiger partial charge < -0.3 is 14.6 Å². The molecule has 6 heteroatoms. The lowest BCUT2D eigenvalue weighted by Crippen LogP contribution is -2.03. The second-order valence-electron chi connectivity index (χ2n) is 7.64. The summed E-state index contributed by atoms with van der Waals surface area (Å²) in [5.74, 6) is 0.404. The van der Waals surface area contributed by atoms with E-state index >= 15 is 0 Å². The topological polar surface area (TPSA) is 85.7 Å². The maximum atomic E-state index is 12.0. The minimum absolute atomic E-state index is 0.0885. The number of hydrogen-bond donors (Lipinski definition) is 1. The molecule has 0 aliphatic rings. The Balaban J connectivity index is 1.99. The van der Waals surface area contributed by atoms with Crippen LogP contribution in [0.15, 0.2) is 48.7 Å². The lowest BCUT2D eigenvalue weighted by atomic mass is 10.1. The third-order valence-corrected chi connectivity index (χ3v) is 4.85. The number of ketones is 1. The fourth-order valence-electron chi connectivity index (χ4n) is 3.04. The summed E-state index contributed by atoms with van der Waals surface area (Å²) in [6.45, 7) is 2.95. The Bertz CT molecular complexity index is 864. The molecule has 0 saturated carbocycles. The Labute approximate surface area is 190 Å². The molecule has 0 atom stereocenters. The molecular formula is C26H33NO5. The number of pyridine rings is 1. The summed E-state index contributed by atoms with van der Waals surface area (Å²) in [6.07, 6.45) is 10.8. The molecule has 0 spiro atoms. The maximum absolute atomic E-state index is 12.0. The van der Waals surface area contributed by atoms with Gasteiger partial charge in [-0.3, -0.25) is 14.6 Å². The number of aromatic nitrogens is 1. The predicted molar refractivity (Wildman–Crippen MR) is 125 cm³/mol. The zero-order valence-electron chi connectivity index (χ0n) is 18.8. The van der Waals surface area contributed by atoms with Crippen LogP contribution in [0.3, 0.4) is 0 Å². The van der Waals surface area contributed by atoms with E-state index in [1.165, 1.54) is 0 Å². The largest absolute Gasteiger partial charge is 0.490 e. The highest BCUT2D eigenvalue weighted by molar-refractivity contribution is 5.93. The highest BCUT2D eigenvalue weighted by Crippen LogP contribution is 2.28. The standard InChI is InChI=1S/C26H33NO5/c1-2-3-6-13-23(28)16-15-22-18-24(31-17-10-5-9-14-26(29)30)25(19-27-22)32-20-21-11-7-4-8-12-21/h4,7-8,11-12,15-16,18-19H,2-3,5-6,9-10,13-14,17,20H2,1H3,(H,29,30). The number of hydrogen-bond acceptors (Lipinski definition) is 5. The summed E-state index contributed by atoms with van der Waals surface area (Å²) in [7, 11) is 0. The molecule has 1 heterocycles. The molecule has 6 nitrogen and oxygen atoms in total. The van der Waals surface area contributed by atoms with Crippen LogP contribution in [0.25, 0.3) is 6.08 Å². The zero-order chi connectivity index (χ0) is 23.0. The second kappa shape index (κ2) is 14.8. The molecule has 1 aromatic heterocycles. The van der Waals surface area contributed by atoms with E-state index in [0.29, 0.717) is 43.2 Å². The molecule has 0 aliphatic heterocycles. The first-order chi connectivity index (χ1) is 15.6. The van der Waals surface area contributed by atoms with Gasteiger partial charge >= 0.3 is 5.97 Å². The molecule has 2 aromatic rings. The van der Waals surface area contributed by atoms with Gasteiger partial charge in [0.1, 0.15) is 6.61 Å². The second-order valence-corrected chi connectivity index (χ2v) is 7.64. The van der Waals surface area contributed by atoms with Crippen LogP contribution in [-0.4, -0.2) is 28.4 Å². The predicted octanol–water partition coefficient (Wildman–Crippen LogP) is 5.85. The van der Waals surface area contributed by atoms with Crippen LogP contribution >= 0.6 is 0 Å². The van der Waals surface area contributed by atoms with Crippen LogP contribution < -0.4 is 9.47 Å². The number of nitrogens with zero attached hydrogens (tertiary/aromatic N) is 1. The van der Waals surface area contributed by atoms with Crippen molar-refractivity contribution in [1.82, 2.24) is 4.98 Å². The Morgan fingerprint density at radius 1 is 0.969 bits per heavy atom. The van der Waals surface area contributed by atoms with Crippen molar-refractivity contribution in [1.29, 1.82) is 0 Å². The minimum atomic E-state index is -0.780. The van der Waals surface area contributed by atoms with Crippen molar-refractivity contribution < 1.29 is 24.2 Å². The zero-order valence-corrected chi connectivity index (χ0v) is 18.8. The maximum Gasteiger partial charge on any atom is 0.303 e. The Morgan fingerprint density at radius 2 is 1.75 bits per heavy atom. The van der Waals surface area contributed by atoms with Crippen LogP contribution in [0.2, 0.25) is 0 Å². The van der Waals surface area contributed by atoms with Crippen LogP contribution in [-0.2, 0) is 16.2 Å². The van der Waals surface area contributed by atoms with Crippen molar-refractivity contribution in [3.8, 4) is 11.5 Å². The van der Waals surface area contributed by atoms with Gasteiger partial charge in [0.2, 0.25) is 0 Å². The summed E-state index contributed by atoms with van der Waals surface area (Å²) in [6, 6.07) is 11.6. The number of carboxylic acids is 1. The molecule has 2 rings (SSSR count).